The van der Waals surface area contributed by atoms with Crippen molar-refractivity contribution in [3.63, 3.8) is 0 Å². The van der Waals surface area contributed by atoms with Gasteiger partial charge in [-0.3, -0.25) is 0 Å². The summed E-state index contributed by atoms with van der Waals surface area (Å²) in [7, 11) is -2.05. The van der Waals surface area contributed by atoms with E-state index in [-0.39, 0.29) is 4.90 Å². The van der Waals surface area contributed by atoms with Gasteiger partial charge in [0, 0.05) is 30.2 Å². The maximum Gasteiger partial charge on any atom is 0.240 e. The fraction of sp³-hybridized carbons (Fsp3) is 0.214. The highest BCUT2D eigenvalue weighted by Gasteiger charge is 2.14. The van der Waals surface area contributed by atoms with E-state index in [9.17, 15) is 8.42 Å². The lowest BCUT2D eigenvalue weighted by atomic mass is 10.2. The van der Waals surface area contributed by atoms with Crippen LogP contribution in [0.5, 0.6) is 0 Å². The fourth-order valence-corrected chi connectivity index (χ4v) is 2.88. The number of benzene rings is 1. The van der Waals surface area contributed by atoms with Crippen LogP contribution in [0.15, 0.2) is 42.1 Å². The molecule has 0 bridgehead atoms. The highest BCUT2D eigenvalue weighted by molar-refractivity contribution is 7.89. The Kier molecular flexibility index (Phi) is 4.44. The number of hydrogen-bond acceptors (Lipinski definition) is 4. The van der Waals surface area contributed by atoms with Crippen molar-refractivity contribution < 1.29 is 8.42 Å². The number of aryl methyl sites for hydroxylation is 1. The van der Waals surface area contributed by atoms with Gasteiger partial charge in [0.2, 0.25) is 10.0 Å². The minimum absolute atomic E-state index is 0.275. The second kappa shape index (κ2) is 6.11. The Hall–Kier alpha value is -2.12. The second-order valence-corrected chi connectivity index (χ2v) is 6.41. The van der Waals surface area contributed by atoms with E-state index in [1.54, 1.807) is 36.1 Å². The van der Waals surface area contributed by atoms with Crippen LogP contribution >= 0.6 is 0 Å². The molecule has 0 amide bonds. The van der Waals surface area contributed by atoms with E-state index in [0.29, 0.717) is 12.1 Å². The third kappa shape index (κ3) is 3.50. The average molecular weight is 306 g/mol. The maximum absolute atomic E-state index is 11.9. The van der Waals surface area contributed by atoms with Crippen molar-refractivity contribution in [2.24, 2.45) is 0 Å². The van der Waals surface area contributed by atoms with Gasteiger partial charge in [0.05, 0.1) is 11.1 Å². The quantitative estimate of drug-likeness (QED) is 0.853. The third-order valence-electron chi connectivity index (χ3n) is 3.09. The SMILES string of the molecule is C=Cn1cc(CNc2ccc(C)c(S(=O)(=O)NC)c2)cn1. The molecule has 1 aromatic heterocycles. The lowest BCUT2D eigenvalue weighted by Gasteiger charge is -2.10. The summed E-state index contributed by atoms with van der Waals surface area (Å²) >= 11 is 0. The summed E-state index contributed by atoms with van der Waals surface area (Å²) < 4.78 is 27.8. The number of anilines is 1. The molecule has 0 fully saturated rings. The van der Waals surface area contributed by atoms with E-state index in [2.05, 4.69) is 21.7 Å². The molecule has 7 heteroatoms. The van der Waals surface area contributed by atoms with E-state index >= 15 is 0 Å². The van der Waals surface area contributed by atoms with E-state index in [0.717, 1.165) is 11.3 Å². The Balaban J connectivity index is 2.18. The molecule has 0 saturated carbocycles. The van der Waals surface area contributed by atoms with E-state index < -0.39 is 10.0 Å². The summed E-state index contributed by atoms with van der Waals surface area (Å²) in [4.78, 5) is 0.275. The van der Waals surface area contributed by atoms with Gasteiger partial charge in [0.25, 0.3) is 0 Å². The van der Waals surface area contributed by atoms with Crippen molar-refractivity contribution in [3.8, 4) is 0 Å². The van der Waals surface area contributed by atoms with Gasteiger partial charge in [-0.1, -0.05) is 12.6 Å². The zero-order valence-electron chi connectivity index (χ0n) is 12.0. The van der Waals surface area contributed by atoms with Crippen LogP contribution in [0.3, 0.4) is 0 Å². The second-order valence-electron chi connectivity index (χ2n) is 4.55. The van der Waals surface area contributed by atoms with Crippen molar-refractivity contribution in [2.75, 3.05) is 12.4 Å². The molecule has 0 spiro atoms. The zero-order chi connectivity index (χ0) is 15.5. The topological polar surface area (TPSA) is 76.0 Å². The predicted octanol–water partition coefficient (Wildman–Crippen LogP) is 1.81. The van der Waals surface area contributed by atoms with Crippen LogP contribution < -0.4 is 10.0 Å². The van der Waals surface area contributed by atoms with Gasteiger partial charge in [0.15, 0.2) is 0 Å². The Morgan fingerprint density at radius 1 is 1.43 bits per heavy atom. The normalized spacial score (nSPS) is 11.3. The molecule has 1 aromatic carbocycles. The molecule has 2 N–H and O–H groups in total. The predicted molar refractivity (Wildman–Crippen MR) is 83.4 cm³/mol. The summed E-state index contributed by atoms with van der Waals surface area (Å²) in [5.74, 6) is 0. The molecule has 0 aliphatic heterocycles. The molecule has 112 valence electrons. The number of nitrogens with zero attached hydrogens (tertiary/aromatic N) is 2. The first-order valence-corrected chi connectivity index (χ1v) is 7.88. The number of nitrogens with one attached hydrogen (secondary N) is 2. The van der Waals surface area contributed by atoms with Crippen LogP contribution in [0, 0.1) is 6.92 Å². The molecule has 0 atom stereocenters. The number of rotatable bonds is 6. The minimum Gasteiger partial charge on any atom is -0.381 e. The van der Waals surface area contributed by atoms with Crippen LogP contribution in [-0.4, -0.2) is 25.2 Å². The zero-order valence-corrected chi connectivity index (χ0v) is 12.8. The lowest BCUT2D eigenvalue weighted by molar-refractivity contribution is 0.587. The maximum atomic E-state index is 11.9. The minimum atomic E-state index is -3.45. The standard InChI is InChI=1S/C14H18N4O2S/c1-4-18-10-12(9-17-18)8-16-13-6-5-11(2)14(7-13)21(19,20)15-3/h4-7,9-10,15-16H,1,8H2,2-3H3. The summed E-state index contributed by atoms with van der Waals surface area (Å²) in [6.07, 6.45) is 5.18. The van der Waals surface area contributed by atoms with Crippen molar-refractivity contribution >= 4 is 21.9 Å². The van der Waals surface area contributed by atoms with Crippen molar-refractivity contribution in [3.05, 3.63) is 48.3 Å². The molecule has 0 saturated heterocycles. The number of aromatic nitrogens is 2. The molecule has 0 radical (unpaired) electrons. The first kappa shape index (κ1) is 15.3. The monoisotopic (exact) mass is 306 g/mol. The highest BCUT2D eigenvalue weighted by atomic mass is 32.2. The smallest absolute Gasteiger partial charge is 0.240 e. The molecule has 0 aliphatic carbocycles. The summed E-state index contributed by atoms with van der Waals surface area (Å²) in [6.45, 7) is 5.94. The van der Waals surface area contributed by atoms with Crippen LogP contribution in [0.1, 0.15) is 11.1 Å². The van der Waals surface area contributed by atoms with Gasteiger partial charge >= 0.3 is 0 Å². The van der Waals surface area contributed by atoms with Gasteiger partial charge in [-0.05, 0) is 31.7 Å². The molecule has 2 rings (SSSR count). The molecule has 21 heavy (non-hydrogen) atoms. The van der Waals surface area contributed by atoms with Crippen molar-refractivity contribution in [1.29, 1.82) is 0 Å². The number of sulfonamides is 1. The molecule has 0 unspecified atom stereocenters. The van der Waals surface area contributed by atoms with Gasteiger partial charge in [-0.25, -0.2) is 17.8 Å². The largest absolute Gasteiger partial charge is 0.381 e. The Morgan fingerprint density at radius 3 is 2.81 bits per heavy atom. The highest BCUT2D eigenvalue weighted by Crippen LogP contribution is 2.20. The summed E-state index contributed by atoms with van der Waals surface area (Å²) in [5.41, 5.74) is 2.42. The first-order chi connectivity index (χ1) is 9.96. The molecule has 0 aliphatic rings. The van der Waals surface area contributed by atoms with Crippen molar-refractivity contribution in [2.45, 2.75) is 18.4 Å². The fourth-order valence-electron chi connectivity index (χ4n) is 1.88. The first-order valence-electron chi connectivity index (χ1n) is 6.40. The molecule has 1 heterocycles. The molecule has 6 nitrogen and oxygen atoms in total. The van der Waals surface area contributed by atoms with Crippen LogP contribution in [0.2, 0.25) is 0 Å². The van der Waals surface area contributed by atoms with Crippen LogP contribution in [0.4, 0.5) is 5.69 Å². The Morgan fingerprint density at radius 2 is 2.19 bits per heavy atom. The number of hydrogen-bond donors (Lipinski definition) is 2. The molecule has 2 aromatic rings. The van der Waals surface area contributed by atoms with Crippen LogP contribution in [-0.2, 0) is 16.6 Å². The third-order valence-corrected chi connectivity index (χ3v) is 4.64. The summed E-state index contributed by atoms with van der Waals surface area (Å²) in [5, 5.41) is 7.27. The average Bonchev–Trinajstić information content (AvgIpc) is 2.94. The molecular formula is C14H18N4O2S. The van der Waals surface area contributed by atoms with Gasteiger partial charge in [-0.2, -0.15) is 5.10 Å². The Labute approximate surface area is 124 Å². The Bertz CT molecular complexity index is 750. The van der Waals surface area contributed by atoms with Crippen LogP contribution in [0.25, 0.3) is 6.20 Å². The summed E-state index contributed by atoms with van der Waals surface area (Å²) in [6, 6.07) is 5.25. The van der Waals surface area contributed by atoms with E-state index in [1.165, 1.54) is 7.05 Å². The van der Waals surface area contributed by atoms with Gasteiger partial charge in [-0.15, -0.1) is 0 Å². The van der Waals surface area contributed by atoms with Gasteiger partial charge in [0.1, 0.15) is 0 Å². The van der Waals surface area contributed by atoms with E-state index in [1.807, 2.05) is 12.3 Å². The van der Waals surface area contributed by atoms with Crippen molar-refractivity contribution in [1.82, 2.24) is 14.5 Å². The molecular weight excluding hydrogens is 288 g/mol. The lowest BCUT2D eigenvalue weighted by Crippen LogP contribution is -2.19. The van der Waals surface area contributed by atoms with Gasteiger partial charge < -0.3 is 5.32 Å². The van der Waals surface area contributed by atoms with E-state index in [4.69, 9.17) is 0 Å².